The van der Waals surface area contributed by atoms with Crippen LogP contribution < -0.4 is 15.4 Å². The SMILES string of the molecule is Cc1ccc(C)c(NC(=O)N[C@H]2COc3ccccc3C2)c1. The minimum absolute atomic E-state index is 0.0139. The van der Waals surface area contributed by atoms with Crippen molar-refractivity contribution in [3.63, 3.8) is 0 Å². The third-order valence-electron chi connectivity index (χ3n) is 3.86. The molecule has 0 unspecified atom stereocenters. The molecule has 0 aromatic heterocycles. The maximum absolute atomic E-state index is 12.2. The molecule has 2 aromatic carbocycles. The van der Waals surface area contributed by atoms with Gasteiger partial charge in [0.15, 0.2) is 0 Å². The van der Waals surface area contributed by atoms with Crippen molar-refractivity contribution in [3.05, 3.63) is 59.2 Å². The molecule has 1 heterocycles. The highest BCUT2D eigenvalue weighted by atomic mass is 16.5. The van der Waals surface area contributed by atoms with Crippen LogP contribution in [-0.4, -0.2) is 18.7 Å². The number of anilines is 1. The number of para-hydroxylation sites is 1. The molecule has 2 N–H and O–H groups in total. The number of urea groups is 1. The van der Waals surface area contributed by atoms with Gasteiger partial charge >= 0.3 is 6.03 Å². The fourth-order valence-corrected chi connectivity index (χ4v) is 2.64. The highest BCUT2D eigenvalue weighted by Crippen LogP contribution is 2.24. The third kappa shape index (κ3) is 3.22. The van der Waals surface area contributed by atoms with Gasteiger partial charge in [0, 0.05) is 5.69 Å². The standard InChI is InChI=1S/C18H20N2O2/c1-12-7-8-13(2)16(9-12)20-18(21)19-15-10-14-5-3-4-6-17(14)22-11-15/h3-9,15H,10-11H2,1-2H3,(H2,19,20,21)/t15-/m1/s1. The monoisotopic (exact) mass is 296 g/mol. The highest BCUT2D eigenvalue weighted by Gasteiger charge is 2.21. The van der Waals surface area contributed by atoms with E-state index in [4.69, 9.17) is 4.74 Å². The summed E-state index contributed by atoms with van der Waals surface area (Å²) in [7, 11) is 0. The van der Waals surface area contributed by atoms with E-state index in [0.717, 1.165) is 34.5 Å². The zero-order valence-electron chi connectivity index (χ0n) is 12.8. The quantitative estimate of drug-likeness (QED) is 0.892. The number of carbonyl (C=O) groups is 1. The van der Waals surface area contributed by atoms with Gasteiger partial charge in [-0.05, 0) is 49.1 Å². The topological polar surface area (TPSA) is 50.4 Å². The van der Waals surface area contributed by atoms with Crippen LogP contribution in [0.1, 0.15) is 16.7 Å². The van der Waals surface area contributed by atoms with Crippen molar-refractivity contribution in [2.45, 2.75) is 26.3 Å². The molecule has 114 valence electrons. The number of ether oxygens (including phenoxy) is 1. The minimum Gasteiger partial charge on any atom is -0.491 e. The van der Waals surface area contributed by atoms with Crippen LogP contribution in [-0.2, 0) is 6.42 Å². The van der Waals surface area contributed by atoms with Gasteiger partial charge in [0.2, 0.25) is 0 Å². The molecule has 4 nitrogen and oxygen atoms in total. The smallest absolute Gasteiger partial charge is 0.319 e. The first kappa shape index (κ1) is 14.4. The summed E-state index contributed by atoms with van der Waals surface area (Å²) < 4.78 is 5.69. The van der Waals surface area contributed by atoms with Crippen LogP contribution in [0.4, 0.5) is 10.5 Å². The maximum atomic E-state index is 12.2. The van der Waals surface area contributed by atoms with E-state index in [1.54, 1.807) is 0 Å². The second-order valence-electron chi connectivity index (χ2n) is 5.74. The van der Waals surface area contributed by atoms with Crippen molar-refractivity contribution < 1.29 is 9.53 Å². The lowest BCUT2D eigenvalue weighted by molar-refractivity contribution is 0.222. The Morgan fingerprint density at radius 3 is 2.86 bits per heavy atom. The second-order valence-corrected chi connectivity index (χ2v) is 5.74. The Morgan fingerprint density at radius 1 is 1.18 bits per heavy atom. The van der Waals surface area contributed by atoms with Gasteiger partial charge in [0.25, 0.3) is 0 Å². The molecule has 3 rings (SSSR count). The van der Waals surface area contributed by atoms with Crippen LogP contribution in [0.3, 0.4) is 0 Å². The molecule has 0 bridgehead atoms. The zero-order chi connectivity index (χ0) is 15.5. The van der Waals surface area contributed by atoms with Crippen molar-refractivity contribution >= 4 is 11.7 Å². The molecule has 0 fully saturated rings. The summed E-state index contributed by atoms with van der Waals surface area (Å²) in [6.07, 6.45) is 0.788. The molecule has 0 radical (unpaired) electrons. The number of fused-ring (bicyclic) bond motifs is 1. The lowest BCUT2D eigenvalue weighted by Crippen LogP contribution is -2.44. The lowest BCUT2D eigenvalue weighted by atomic mass is 10.0. The Kier molecular flexibility index (Phi) is 4.00. The van der Waals surface area contributed by atoms with Gasteiger partial charge in [0.05, 0.1) is 6.04 Å². The Hall–Kier alpha value is -2.49. The van der Waals surface area contributed by atoms with E-state index in [9.17, 15) is 4.79 Å². The van der Waals surface area contributed by atoms with E-state index in [1.165, 1.54) is 0 Å². The summed E-state index contributed by atoms with van der Waals surface area (Å²) >= 11 is 0. The average Bonchev–Trinajstić information content (AvgIpc) is 2.51. The first-order chi connectivity index (χ1) is 10.6. The van der Waals surface area contributed by atoms with Gasteiger partial charge in [-0.3, -0.25) is 0 Å². The Morgan fingerprint density at radius 2 is 2.00 bits per heavy atom. The molecule has 0 saturated carbocycles. The highest BCUT2D eigenvalue weighted by molar-refractivity contribution is 5.90. The predicted molar refractivity (Wildman–Crippen MR) is 87.5 cm³/mol. The molecule has 0 spiro atoms. The van der Waals surface area contributed by atoms with Gasteiger partial charge in [-0.1, -0.05) is 30.3 Å². The van der Waals surface area contributed by atoms with Gasteiger partial charge in [-0.2, -0.15) is 0 Å². The van der Waals surface area contributed by atoms with Gasteiger partial charge in [0.1, 0.15) is 12.4 Å². The number of nitrogens with one attached hydrogen (secondary N) is 2. The summed E-state index contributed by atoms with van der Waals surface area (Å²) in [5.74, 6) is 0.912. The molecule has 22 heavy (non-hydrogen) atoms. The largest absolute Gasteiger partial charge is 0.491 e. The van der Waals surface area contributed by atoms with E-state index in [0.29, 0.717) is 6.61 Å². The first-order valence-electron chi connectivity index (χ1n) is 7.47. The average molecular weight is 296 g/mol. The predicted octanol–water partition coefficient (Wildman–Crippen LogP) is 3.43. The fourth-order valence-electron chi connectivity index (χ4n) is 2.64. The summed E-state index contributed by atoms with van der Waals surface area (Å²) in [5, 5.41) is 5.90. The molecular weight excluding hydrogens is 276 g/mol. The summed E-state index contributed by atoms with van der Waals surface area (Å²) in [4.78, 5) is 12.2. The van der Waals surface area contributed by atoms with Crippen molar-refractivity contribution in [1.29, 1.82) is 0 Å². The minimum atomic E-state index is -0.193. The van der Waals surface area contributed by atoms with E-state index in [2.05, 4.69) is 10.6 Å². The number of rotatable bonds is 2. The number of benzene rings is 2. The van der Waals surface area contributed by atoms with Crippen LogP contribution in [0, 0.1) is 13.8 Å². The zero-order valence-corrected chi connectivity index (χ0v) is 12.8. The van der Waals surface area contributed by atoms with E-state index < -0.39 is 0 Å². The number of hydrogen-bond donors (Lipinski definition) is 2. The van der Waals surface area contributed by atoms with Crippen LogP contribution in [0.5, 0.6) is 5.75 Å². The Labute approximate surface area is 130 Å². The maximum Gasteiger partial charge on any atom is 0.319 e. The summed E-state index contributed by atoms with van der Waals surface area (Å²) in [5.41, 5.74) is 4.14. The van der Waals surface area contributed by atoms with Crippen LogP contribution in [0.15, 0.2) is 42.5 Å². The first-order valence-corrected chi connectivity index (χ1v) is 7.47. The normalized spacial score (nSPS) is 16.4. The molecule has 2 amide bonds. The Balaban J connectivity index is 1.62. The molecule has 0 aliphatic carbocycles. The number of aryl methyl sites for hydroxylation is 2. The van der Waals surface area contributed by atoms with Crippen LogP contribution in [0.2, 0.25) is 0 Å². The molecule has 4 heteroatoms. The van der Waals surface area contributed by atoms with Gasteiger partial charge < -0.3 is 15.4 Å². The van der Waals surface area contributed by atoms with E-state index in [-0.39, 0.29) is 12.1 Å². The third-order valence-corrected chi connectivity index (χ3v) is 3.86. The molecule has 1 aliphatic rings. The van der Waals surface area contributed by atoms with Crippen LogP contribution >= 0.6 is 0 Å². The van der Waals surface area contributed by atoms with Gasteiger partial charge in [-0.25, -0.2) is 4.79 Å². The number of amides is 2. The van der Waals surface area contributed by atoms with Crippen molar-refractivity contribution in [3.8, 4) is 5.75 Å². The fraction of sp³-hybridized carbons (Fsp3) is 0.278. The van der Waals surface area contributed by atoms with Crippen molar-refractivity contribution in [2.75, 3.05) is 11.9 Å². The molecule has 1 aliphatic heterocycles. The summed E-state index contributed by atoms with van der Waals surface area (Å²) in [6, 6.07) is 13.7. The second kappa shape index (κ2) is 6.10. The molecular formula is C18H20N2O2. The molecule has 0 saturated heterocycles. The molecule has 1 atom stereocenters. The van der Waals surface area contributed by atoms with Crippen LogP contribution in [0.25, 0.3) is 0 Å². The van der Waals surface area contributed by atoms with Crippen molar-refractivity contribution in [1.82, 2.24) is 5.32 Å². The van der Waals surface area contributed by atoms with Crippen molar-refractivity contribution in [2.24, 2.45) is 0 Å². The van der Waals surface area contributed by atoms with E-state index >= 15 is 0 Å². The molecule has 2 aromatic rings. The van der Waals surface area contributed by atoms with E-state index in [1.807, 2.05) is 56.3 Å². The van der Waals surface area contributed by atoms with Gasteiger partial charge in [-0.15, -0.1) is 0 Å². The summed E-state index contributed by atoms with van der Waals surface area (Å²) in [6.45, 7) is 4.49. The lowest BCUT2D eigenvalue weighted by Gasteiger charge is -2.26. The number of carbonyl (C=O) groups excluding carboxylic acids is 1. The Bertz CT molecular complexity index is 697. The number of hydrogen-bond acceptors (Lipinski definition) is 2.